The molecular formula is C29H39NO4. The minimum absolute atomic E-state index is 0.00631. The molecule has 0 saturated carbocycles. The van der Waals surface area contributed by atoms with Gasteiger partial charge < -0.3 is 19.1 Å². The van der Waals surface area contributed by atoms with Crippen molar-refractivity contribution in [2.24, 2.45) is 0 Å². The average Bonchev–Trinajstić information content (AvgIpc) is 2.83. The number of para-hydroxylation sites is 1. The lowest BCUT2D eigenvalue weighted by Gasteiger charge is -2.47. The fourth-order valence-electron chi connectivity index (χ4n) is 5.19. The maximum atomic E-state index is 13.4. The van der Waals surface area contributed by atoms with E-state index in [2.05, 4.69) is 46.8 Å². The molecule has 1 atom stereocenters. The van der Waals surface area contributed by atoms with Gasteiger partial charge in [-0.05, 0) is 49.4 Å². The standard InChI is InChI=1S/C29H39NO4/c1-7-28(4,5)23-13-12-21(18-25(23)32-6)27(31)30-16-14-29(15-17-30)19-26(33-20(2)3)22-10-8-9-11-24(22)34-29/h8-13,18,20,26H,7,14-17,19H2,1-6H3. The SMILES string of the molecule is CCC(C)(C)c1ccc(C(=O)N2CCC3(CC2)CC(OC(C)C)c2ccccc2O3)cc1OC. The van der Waals surface area contributed by atoms with Crippen LogP contribution in [0.5, 0.6) is 11.5 Å². The molecule has 184 valence electrons. The Hall–Kier alpha value is -2.53. The first-order valence-corrected chi connectivity index (χ1v) is 12.6. The summed E-state index contributed by atoms with van der Waals surface area (Å²) in [6, 6.07) is 14.1. The lowest BCUT2D eigenvalue weighted by Crippen LogP contribution is -2.52. The third kappa shape index (κ3) is 4.81. The summed E-state index contributed by atoms with van der Waals surface area (Å²) in [5.41, 5.74) is 2.64. The van der Waals surface area contributed by atoms with E-state index >= 15 is 0 Å². The van der Waals surface area contributed by atoms with Gasteiger partial charge >= 0.3 is 0 Å². The Kier molecular flexibility index (Phi) is 6.95. The molecular weight excluding hydrogens is 426 g/mol. The van der Waals surface area contributed by atoms with Crippen LogP contribution in [0, 0.1) is 0 Å². The average molecular weight is 466 g/mol. The fourth-order valence-corrected chi connectivity index (χ4v) is 5.19. The minimum atomic E-state index is -0.294. The summed E-state index contributed by atoms with van der Waals surface area (Å²) in [5, 5.41) is 0. The Bertz CT molecular complexity index is 1020. The predicted octanol–water partition coefficient (Wildman–Crippen LogP) is 6.31. The van der Waals surface area contributed by atoms with Gasteiger partial charge in [-0.1, -0.05) is 45.0 Å². The lowest BCUT2D eigenvalue weighted by molar-refractivity contribution is -0.0872. The Labute approximate surface area is 204 Å². The van der Waals surface area contributed by atoms with Gasteiger partial charge in [-0.3, -0.25) is 4.79 Å². The van der Waals surface area contributed by atoms with E-state index in [0.717, 1.165) is 48.3 Å². The summed E-state index contributed by atoms with van der Waals surface area (Å²) in [6.07, 6.45) is 3.57. The number of piperidine rings is 1. The highest BCUT2D eigenvalue weighted by atomic mass is 16.5. The van der Waals surface area contributed by atoms with Crippen molar-refractivity contribution in [1.29, 1.82) is 0 Å². The number of rotatable bonds is 6. The first kappa shape index (κ1) is 24.6. The first-order valence-electron chi connectivity index (χ1n) is 12.6. The number of likely N-dealkylation sites (tertiary alicyclic amines) is 1. The number of methoxy groups -OCH3 is 1. The number of nitrogens with zero attached hydrogens (tertiary/aromatic N) is 1. The second kappa shape index (κ2) is 9.61. The highest BCUT2D eigenvalue weighted by Crippen LogP contribution is 2.46. The quantitative estimate of drug-likeness (QED) is 0.502. The molecule has 1 saturated heterocycles. The molecule has 4 rings (SSSR count). The number of amides is 1. The molecule has 5 nitrogen and oxygen atoms in total. The molecule has 0 aromatic heterocycles. The second-order valence-electron chi connectivity index (χ2n) is 10.6. The van der Waals surface area contributed by atoms with Crippen LogP contribution in [0.15, 0.2) is 42.5 Å². The lowest BCUT2D eigenvalue weighted by atomic mass is 9.80. The van der Waals surface area contributed by atoms with E-state index < -0.39 is 0 Å². The van der Waals surface area contributed by atoms with Crippen molar-refractivity contribution in [1.82, 2.24) is 4.90 Å². The molecule has 2 aliphatic rings. The van der Waals surface area contributed by atoms with Crippen LogP contribution in [0.1, 0.15) is 87.9 Å². The summed E-state index contributed by atoms with van der Waals surface area (Å²) in [7, 11) is 1.68. The van der Waals surface area contributed by atoms with Gasteiger partial charge in [-0.25, -0.2) is 0 Å². The van der Waals surface area contributed by atoms with Crippen molar-refractivity contribution in [3.05, 3.63) is 59.2 Å². The van der Waals surface area contributed by atoms with Crippen LogP contribution < -0.4 is 9.47 Å². The van der Waals surface area contributed by atoms with Crippen LogP contribution in [0.4, 0.5) is 0 Å². The van der Waals surface area contributed by atoms with E-state index in [9.17, 15) is 4.79 Å². The van der Waals surface area contributed by atoms with Crippen LogP contribution >= 0.6 is 0 Å². The molecule has 1 amide bonds. The molecule has 5 heteroatoms. The smallest absolute Gasteiger partial charge is 0.253 e. The molecule has 0 aliphatic carbocycles. The Morgan fingerprint density at radius 1 is 1.18 bits per heavy atom. The van der Waals surface area contributed by atoms with Gasteiger partial charge in [0.15, 0.2) is 0 Å². The third-order valence-corrected chi connectivity index (χ3v) is 7.61. The zero-order chi connectivity index (χ0) is 24.5. The van der Waals surface area contributed by atoms with Crippen LogP contribution in [0.2, 0.25) is 0 Å². The van der Waals surface area contributed by atoms with Gasteiger partial charge in [0, 0.05) is 43.5 Å². The Balaban J connectivity index is 1.49. The summed E-state index contributed by atoms with van der Waals surface area (Å²) >= 11 is 0. The minimum Gasteiger partial charge on any atom is -0.496 e. The fraction of sp³-hybridized carbons (Fsp3) is 0.552. The summed E-state index contributed by atoms with van der Waals surface area (Å²) in [4.78, 5) is 15.3. The van der Waals surface area contributed by atoms with E-state index in [-0.39, 0.29) is 29.1 Å². The number of hydrogen-bond donors (Lipinski definition) is 0. The van der Waals surface area contributed by atoms with Crippen LogP contribution in [-0.2, 0) is 10.2 Å². The maximum absolute atomic E-state index is 13.4. The van der Waals surface area contributed by atoms with Crippen molar-refractivity contribution in [3.8, 4) is 11.5 Å². The second-order valence-corrected chi connectivity index (χ2v) is 10.6. The number of carbonyl (C=O) groups excluding carboxylic acids is 1. The van der Waals surface area contributed by atoms with Crippen LogP contribution in [0.3, 0.4) is 0 Å². The number of benzene rings is 2. The zero-order valence-corrected chi connectivity index (χ0v) is 21.5. The van der Waals surface area contributed by atoms with E-state index in [0.29, 0.717) is 18.7 Å². The molecule has 0 radical (unpaired) electrons. The summed E-state index contributed by atoms with van der Waals surface area (Å²) in [5.74, 6) is 1.75. The normalized spacial score (nSPS) is 19.6. The van der Waals surface area contributed by atoms with Gasteiger partial charge in [0.2, 0.25) is 0 Å². The molecule has 2 aliphatic heterocycles. The number of carbonyl (C=O) groups is 1. The van der Waals surface area contributed by atoms with Crippen molar-refractivity contribution in [2.45, 2.75) is 83.5 Å². The van der Waals surface area contributed by atoms with Gasteiger partial charge in [-0.15, -0.1) is 0 Å². The molecule has 1 fully saturated rings. The van der Waals surface area contributed by atoms with Crippen molar-refractivity contribution >= 4 is 5.91 Å². The Morgan fingerprint density at radius 3 is 2.53 bits per heavy atom. The molecule has 1 unspecified atom stereocenters. The van der Waals surface area contributed by atoms with Crippen molar-refractivity contribution in [2.75, 3.05) is 20.2 Å². The zero-order valence-electron chi connectivity index (χ0n) is 21.5. The van der Waals surface area contributed by atoms with Gasteiger partial charge in [0.1, 0.15) is 17.1 Å². The molecule has 0 N–H and O–H groups in total. The largest absolute Gasteiger partial charge is 0.496 e. The molecule has 1 spiro atoms. The van der Waals surface area contributed by atoms with Crippen LogP contribution in [-0.4, -0.2) is 42.7 Å². The van der Waals surface area contributed by atoms with Gasteiger partial charge in [-0.2, -0.15) is 0 Å². The molecule has 2 heterocycles. The molecule has 34 heavy (non-hydrogen) atoms. The number of hydrogen-bond acceptors (Lipinski definition) is 4. The molecule has 0 bridgehead atoms. The highest BCUT2D eigenvalue weighted by molar-refractivity contribution is 5.95. The maximum Gasteiger partial charge on any atom is 0.253 e. The monoisotopic (exact) mass is 465 g/mol. The van der Waals surface area contributed by atoms with Gasteiger partial charge in [0.05, 0.1) is 19.3 Å². The summed E-state index contributed by atoms with van der Waals surface area (Å²) in [6.45, 7) is 12.1. The third-order valence-electron chi connectivity index (χ3n) is 7.61. The van der Waals surface area contributed by atoms with Crippen molar-refractivity contribution < 1.29 is 19.0 Å². The van der Waals surface area contributed by atoms with Gasteiger partial charge in [0.25, 0.3) is 5.91 Å². The topological polar surface area (TPSA) is 48.0 Å². The van der Waals surface area contributed by atoms with E-state index in [4.69, 9.17) is 14.2 Å². The predicted molar refractivity (Wildman–Crippen MR) is 135 cm³/mol. The summed E-state index contributed by atoms with van der Waals surface area (Å²) < 4.78 is 18.5. The molecule has 2 aromatic rings. The Morgan fingerprint density at radius 2 is 1.88 bits per heavy atom. The van der Waals surface area contributed by atoms with Crippen molar-refractivity contribution in [3.63, 3.8) is 0 Å². The number of ether oxygens (including phenoxy) is 3. The van der Waals surface area contributed by atoms with E-state index in [1.807, 2.05) is 35.2 Å². The first-order chi connectivity index (χ1) is 16.2. The number of fused-ring (bicyclic) bond motifs is 1. The highest BCUT2D eigenvalue weighted by Gasteiger charge is 2.44. The van der Waals surface area contributed by atoms with E-state index in [1.54, 1.807) is 7.11 Å². The van der Waals surface area contributed by atoms with Crippen LogP contribution in [0.25, 0.3) is 0 Å². The molecule has 2 aromatic carbocycles. The van der Waals surface area contributed by atoms with E-state index in [1.165, 1.54) is 0 Å².